The van der Waals surface area contributed by atoms with E-state index in [4.69, 9.17) is 16.3 Å². The van der Waals surface area contributed by atoms with Crippen LogP contribution in [0, 0.1) is 0 Å². The van der Waals surface area contributed by atoms with Crippen LogP contribution in [0.25, 0.3) is 0 Å². The highest BCUT2D eigenvalue weighted by Gasteiger charge is 2.22. The van der Waals surface area contributed by atoms with Gasteiger partial charge in [0.25, 0.3) is 0 Å². The highest BCUT2D eigenvalue weighted by molar-refractivity contribution is 6.32. The molecule has 0 amide bonds. The van der Waals surface area contributed by atoms with Gasteiger partial charge in [-0.1, -0.05) is 11.6 Å². The van der Waals surface area contributed by atoms with Crippen molar-refractivity contribution in [3.05, 3.63) is 23.2 Å². The molecule has 1 unspecified atom stereocenters. The first-order valence-electron chi connectivity index (χ1n) is 5.68. The molecule has 94 valence electrons. The molecule has 1 aromatic carbocycles. The molecule has 4 nitrogen and oxygen atoms in total. The van der Waals surface area contributed by atoms with Gasteiger partial charge in [-0.15, -0.1) is 0 Å². The zero-order valence-electron chi connectivity index (χ0n) is 9.82. The first-order chi connectivity index (χ1) is 8.26. The molecule has 2 rings (SSSR count). The molecular formula is C12H17ClN2O2. The molecule has 1 aliphatic rings. The smallest absolute Gasteiger partial charge is 0.139 e. The number of nitrogens with zero attached hydrogens (tertiary/aromatic N) is 1. The summed E-state index contributed by atoms with van der Waals surface area (Å²) in [7, 11) is 1.60. The second-order valence-electron chi connectivity index (χ2n) is 4.05. The monoisotopic (exact) mass is 256 g/mol. The van der Waals surface area contributed by atoms with E-state index in [0.717, 1.165) is 25.3 Å². The maximum Gasteiger partial charge on any atom is 0.139 e. The molecule has 1 saturated heterocycles. The van der Waals surface area contributed by atoms with Gasteiger partial charge in [0.1, 0.15) is 5.75 Å². The van der Waals surface area contributed by atoms with Gasteiger partial charge in [-0.3, -0.25) is 0 Å². The zero-order chi connectivity index (χ0) is 12.3. The number of hydrogen-bond acceptors (Lipinski definition) is 4. The first kappa shape index (κ1) is 12.5. The molecule has 1 heterocycles. The SMILES string of the molecule is COc1cc(N2CCNCC2CO)ccc1Cl. The number of ether oxygens (including phenoxy) is 1. The lowest BCUT2D eigenvalue weighted by Gasteiger charge is -2.37. The van der Waals surface area contributed by atoms with Crippen molar-refractivity contribution in [2.45, 2.75) is 6.04 Å². The lowest BCUT2D eigenvalue weighted by molar-refractivity contribution is 0.246. The van der Waals surface area contributed by atoms with E-state index in [1.807, 2.05) is 18.2 Å². The predicted molar refractivity (Wildman–Crippen MR) is 69.1 cm³/mol. The second kappa shape index (κ2) is 5.58. The van der Waals surface area contributed by atoms with Crippen LogP contribution in [0.5, 0.6) is 5.75 Å². The minimum Gasteiger partial charge on any atom is -0.495 e. The number of halogens is 1. The number of aliphatic hydroxyl groups excluding tert-OH is 1. The lowest BCUT2D eigenvalue weighted by atomic mass is 10.1. The maximum absolute atomic E-state index is 9.36. The van der Waals surface area contributed by atoms with Crippen LogP contribution in [0.2, 0.25) is 5.02 Å². The summed E-state index contributed by atoms with van der Waals surface area (Å²) >= 11 is 6.00. The molecule has 17 heavy (non-hydrogen) atoms. The van der Waals surface area contributed by atoms with Crippen LogP contribution < -0.4 is 15.0 Å². The van der Waals surface area contributed by atoms with E-state index in [9.17, 15) is 5.11 Å². The minimum atomic E-state index is 0.106. The Labute approximate surface area is 106 Å². The average Bonchev–Trinajstić information content (AvgIpc) is 2.39. The molecule has 1 atom stereocenters. The van der Waals surface area contributed by atoms with E-state index in [2.05, 4.69) is 10.2 Å². The number of aliphatic hydroxyl groups is 1. The third-order valence-corrected chi connectivity index (χ3v) is 3.34. The van der Waals surface area contributed by atoms with Crippen molar-refractivity contribution >= 4 is 17.3 Å². The lowest BCUT2D eigenvalue weighted by Crippen LogP contribution is -2.53. The predicted octanol–water partition coefficient (Wildman–Crippen LogP) is 1.12. The Kier molecular flexibility index (Phi) is 4.10. The van der Waals surface area contributed by atoms with Crippen molar-refractivity contribution in [1.29, 1.82) is 0 Å². The Balaban J connectivity index is 2.25. The van der Waals surface area contributed by atoms with Crippen LogP contribution >= 0.6 is 11.6 Å². The van der Waals surface area contributed by atoms with Gasteiger partial charge in [-0.25, -0.2) is 0 Å². The normalized spacial score (nSPS) is 20.4. The van der Waals surface area contributed by atoms with Crippen LogP contribution in [0.4, 0.5) is 5.69 Å². The Morgan fingerprint density at radius 2 is 2.41 bits per heavy atom. The summed E-state index contributed by atoms with van der Waals surface area (Å²) in [5.74, 6) is 0.666. The zero-order valence-corrected chi connectivity index (χ0v) is 10.6. The standard InChI is InChI=1S/C12H17ClN2O2/c1-17-12-6-9(2-3-11(12)13)15-5-4-14-7-10(15)8-16/h2-3,6,10,14,16H,4-5,7-8H2,1H3. The van der Waals surface area contributed by atoms with Gasteiger partial charge in [0.15, 0.2) is 0 Å². The highest BCUT2D eigenvalue weighted by atomic mass is 35.5. The molecule has 0 saturated carbocycles. The molecule has 0 bridgehead atoms. The van der Waals surface area contributed by atoms with E-state index in [1.165, 1.54) is 0 Å². The van der Waals surface area contributed by atoms with Gasteiger partial charge in [0, 0.05) is 31.4 Å². The quantitative estimate of drug-likeness (QED) is 0.851. The Bertz CT molecular complexity index is 387. The third-order valence-electron chi connectivity index (χ3n) is 3.03. The molecule has 1 aromatic rings. The van der Waals surface area contributed by atoms with Crippen LogP contribution in [0.15, 0.2) is 18.2 Å². The van der Waals surface area contributed by atoms with Crippen molar-refractivity contribution in [2.75, 3.05) is 38.3 Å². The number of anilines is 1. The summed E-state index contributed by atoms with van der Waals surface area (Å²) in [6.07, 6.45) is 0. The minimum absolute atomic E-state index is 0.106. The number of nitrogens with one attached hydrogen (secondary N) is 1. The first-order valence-corrected chi connectivity index (χ1v) is 6.06. The molecule has 1 fully saturated rings. The van der Waals surface area contributed by atoms with E-state index >= 15 is 0 Å². The number of piperazine rings is 1. The summed E-state index contributed by atoms with van der Waals surface area (Å²) in [5.41, 5.74) is 1.03. The fourth-order valence-electron chi connectivity index (χ4n) is 2.09. The van der Waals surface area contributed by atoms with Crippen LogP contribution in [0.3, 0.4) is 0 Å². The van der Waals surface area contributed by atoms with Crippen LogP contribution in [-0.4, -0.2) is 44.5 Å². The van der Waals surface area contributed by atoms with Gasteiger partial charge < -0.3 is 20.1 Å². The number of benzene rings is 1. The molecule has 5 heteroatoms. The van der Waals surface area contributed by atoms with E-state index in [-0.39, 0.29) is 12.6 Å². The Hall–Kier alpha value is -0.970. The largest absolute Gasteiger partial charge is 0.495 e. The highest BCUT2D eigenvalue weighted by Crippen LogP contribution is 2.30. The maximum atomic E-state index is 9.36. The Morgan fingerprint density at radius 3 is 3.12 bits per heavy atom. The van der Waals surface area contributed by atoms with E-state index < -0.39 is 0 Å². The molecule has 0 aromatic heterocycles. The fraction of sp³-hybridized carbons (Fsp3) is 0.500. The van der Waals surface area contributed by atoms with Crippen molar-refractivity contribution in [2.24, 2.45) is 0 Å². The fourth-order valence-corrected chi connectivity index (χ4v) is 2.29. The third kappa shape index (κ3) is 2.65. The summed E-state index contributed by atoms with van der Waals surface area (Å²) in [5, 5.41) is 13.2. The summed E-state index contributed by atoms with van der Waals surface area (Å²) in [6.45, 7) is 2.72. The molecule has 0 aliphatic carbocycles. The van der Waals surface area contributed by atoms with Gasteiger partial charge in [-0.05, 0) is 12.1 Å². The topological polar surface area (TPSA) is 44.7 Å². The second-order valence-corrected chi connectivity index (χ2v) is 4.46. The van der Waals surface area contributed by atoms with Gasteiger partial charge in [-0.2, -0.15) is 0 Å². The molecule has 0 radical (unpaired) electrons. The van der Waals surface area contributed by atoms with Crippen molar-refractivity contribution < 1.29 is 9.84 Å². The Morgan fingerprint density at radius 1 is 1.59 bits per heavy atom. The van der Waals surface area contributed by atoms with Crippen LogP contribution in [0.1, 0.15) is 0 Å². The van der Waals surface area contributed by atoms with Gasteiger partial charge in [0.05, 0.1) is 24.8 Å². The summed E-state index contributed by atoms with van der Waals surface area (Å²) in [4.78, 5) is 2.18. The number of rotatable bonds is 3. The van der Waals surface area contributed by atoms with Gasteiger partial charge in [0.2, 0.25) is 0 Å². The number of hydrogen-bond donors (Lipinski definition) is 2. The summed E-state index contributed by atoms with van der Waals surface area (Å²) < 4.78 is 5.21. The van der Waals surface area contributed by atoms with E-state index in [0.29, 0.717) is 10.8 Å². The molecule has 2 N–H and O–H groups in total. The number of methoxy groups -OCH3 is 1. The van der Waals surface area contributed by atoms with Crippen LogP contribution in [-0.2, 0) is 0 Å². The average molecular weight is 257 g/mol. The van der Waals surface area contributed by atoms with Gasteiger partial charge >= 0.3 is 0 Å². The van der Waals surface area contributed by atoms with E-state index in [1.54, 1.807) is 7.11 Å². The molecular weight excluding hydrogens is 240 g/mol. The molecule has 0 spiro atoms. The van der Waals surface area contributed by atoms with Crippen molar-refractivity contribution in [3.63, 3.8) is 0 Å². The van der Waals surface area contributed by atoms with Crippen molar-refractivity contribution in [3.8, 4) is 5.75 Å². The summed E-state index contributed by atoms with van der Waals surface area (Å²) in [6, 6.07) is 5.80. The van der Waals surface area contributed by atoms with Crippen molar-refractivity contribution in [1.82, 2.24) is 5.32 Å². The molecule has 1 aliphatic heterocycles.